The van der Waals surface area contributed by atoms with Gasteiger partial charge in [0.15, 0.2) is 0 Å². The molecular weight excluding hydrogens is 176 g/mol. The second kappa shape index (κ2) is 4.55. The highest BCUT2D eigenvalue weighted by atomic mass is 15.3. The minimum Gasteiger partial charge on any atom is -0.310 e. The van der Waals surface area contributed by atoms with E-state index >= 15 is 0 Å². The molecule has 4 nitrogen and oxygen atoms in total. The molecule has 0 unspecified atom stereocenters. The normalized spacial score (nSPS) is 16.1. The maximum Gasteiger partial charge on any atom is 0.140 e. The summed E-state index contributed by atoms with van der Waals surface area (Å²) in [7, 11) is 0. The molecule has 0 aromatic carbocycles. The van der Waals surface area contributed by atoms with E-state index in [1.165, 1.54) is 12.8 Å². The molecule has 0 saturated heterocycles. The van der Waals surface area contributed by atoms with Crippen LogP contribution in [-0.2, 0) is 13.1 Å². The van der Waals surface area contributed by atoms with E-state index in [4.69, 9.17) is 0 Å². The molecule has 2 rings (SSSR count). The van der Waals surface area contributed by atoms with Crippen LogP contribution in [0.1, 0.15) is 32.0 Å². The van der Waals surface area contributed by atoms with Crippen molar-refractivity contribution < 1.29 is 0 Å². The van der Waals surface area contributed by atoms with Crippen molar-refractivity contribution in [1.82, 2.24) is 20.1 Å². The molecule has 0 atom stereocenters. The summed E-state index contributed by atoms with van der Waals surface area (Å²) in [6.45, 7) is 5.12. The van der Waals surface area contributed by atoms with Crippen LogP contribution in [0.25, 0.3) is 0 Å². The first-order chi connectivity index (χ1) is 6.90. The fraction of sp³-hybridized carbons (Fsp3) is 0.800. The van der Waals surface area contributed by atoms with Crippen molar-refractivity contribution in [2.75, 3.05) is 6.54 Å². The Labute approximate surface area is 84.7 Å². The van der Waals surface area contributed by atoms with Crippen molar-refractivity contribution in [2.24, 2.45) is 5.92 Å². The maximum atomic E-state index is 4.24. The molecule has 78 valence electrons. The second-order valence-electron chi connectivity index (χ2n) is 3.97. The lowest BCUT2D eigenvalue weighted by Crippen LogP contribution is -2.19. The van der Waals surface area contributed by atoms with Crippen LogP contribution in [0.3, 0.4) is 0 Å². The van der Waals surface area contributed by atoms with Crippen LogP contribution < -0.4 is 5.32 Å². The Kier molecular flexibility index (Phi) is 3.14. The molecule has 1 aliphatic rings. The summed E-state index contributed by atoms with van der Waals surface area (Å²) in [6.07, 6.45) is 5.55. The van der Waals surface area contributed by atoms with Gasteiger partial charge >= 0.3 is 0 Å². The zero-order chi connectivity index (χ0) is 9.80. The van der Waals surface area contributed by atoms with Gasteiger partial charge < -0.3 is 5.32 Å². The summed E-state index contributed by atoms with van der Waals surface area (Å²) in [5.74, 6) is 1.99. The molecule has 1 aromatic heterocycles. The van der Waals surface area contributed by atoms with Crippen molar-refractivity contribution in [3.8, 4) is 0 Å². The van der Waals surface area contributed by atoms with E-state index in [1.807, 2.05) is 4.68 Å². The summed E-state index contributed by atoms with van der Waals surface area (Å²) in [6, 6.07) is 0. The molecule has 1 N–H and O–H groups in total. The molecule has 1 aromatic rings. The lowest BCUT2D eigenvalue weighted by Gasteiger charge is -2.05. The average Bonchev–Trinajstić information content (AvgIpc) is 2.89. The molecule has 0 spiro atoms. The third kappa shape index (κ3) is 2.54. The first-order valence-corrected chi connectivity index (χ1v) is 5.47. The number of aromatic nitrogens is 3. The van der Waals surface area contributed by atoms with Crippen LogP contribution >= 0.6 is 0 Å². The molecule has 0 amide bonds. The van der Waals surface area contributed by atoms with Crippen LogP contribution in [0.5, 0.6) is 0 Å². The Bertz CT molecular complexity index is 277. The monoisotopic (exact) mass is 194 g/mol. The van der Waals surface area contributed by atoms with E-state index in [9.17, 15) is 0 Å². The van der Waals surface area contributed by atoms with Gasteiger partial charge in [-0.1, -0.05) is 6.92 Å². The van der Waals surface area contributed by atoms with Crippen molar-refractivity contribution in [2.45, 2.75) is 39.3 Å². The molecule has 0 aliphatic heterocycles. The zero-order valence-electron chi connectivity index (χ0n) is 8.74. The fourth-order valence-electron chi connectivity index (χ4n) is 1.53. The Morgan fingerprint density at radius 2 is 2.43 bits per heavy atom. The van der Waals surface area contributed by atoms with Crippen LogP contribution in [-0.4, -0.2) is 21.3 Å². The number of hydrogen-bond acceptors (Lipinski definition) is 3. The Morgan fingerprint density at radius 3 is 3.14 bits per heavy atom. The zero-order valence-corrected chi connectivity index (χ0v) is 8.74. The highest BCUT2D eigenvalue weighted by Gasteiger charge is 2.20. The predicted molar refractivity (Wildman–Crippen MR) is 54.7 cm³/mol. The van der Waals surface area contributed by atoms with Crippen LogP contribution in [0, 0.1) is 5.92 Å². The number of nitrogens with one attached hydrogen (secondary N) is 1. The maximum absolute atomic E-state index is 4.24. The molecule has 4 heteroatoms. The van der Waals surface area contributed by atoms with Gasteiger partial charge in [0.2, 0.25) is 0 Å². The SMILES string of the molecule is CCCn1ncnc1CNCC1CC1. The van der Waals surface area contributed by atoms with Crippen LogP contribution in [0.4, 0.5) is 0 Å². The number of hydrogen-bond donors (Lipinski definition) is 1. The summed E-state index contributed by atoms with van der Waals surface area (Å²) in [5, 5.41) is 7.61. The Morgan fingerprint density at radius 1 is 1.57 bits per heavy atom. The average molecular weight is 194 g/mol. The molecule has 1 saturated carbocycles. The first kappa shape index (κ1) is 9.65. The molecule has 1 aliphatic carbocycles. The van der Waals surface area contributed by atoms with Gasteiger partial charge in [-0.15, -0.1) is 0 Å². The van der Waals surface area contributed by atoms with E-state index in [0.29, 0.717) is 0 Å². The fourth-order valence-corrected chi connectivity index (χ4v) is 1.53. The molecular formula is C10H18N4. The van der Waals surface area contributed by atoms with E-state index < -0.39 is 0 Å². The number of rotatable bonds is 6. The highest BCUT2D eigenvalue weighted by Crippen LogP contribution is 2.27. The van der Waals surface area contributed by atoms with Gasteiger partial charge in [0, 0.05) is 6.54 Å². The van der Waals surface area contributed by atoms with E-state index in [1.54, 1.807) is 6.33 Å². The molecule has 0 bridgehead atoms. The van der Waals surface area contributed by atoms with E-state index in [-0.39, 0.29) is 0 Å². The number of aryl methyl sites for hydroxylation is 1. The minimum absolute atomic E-state index is 0.858. The summed E-state index contributed by atoms with van der Waals surface area (Å²) >= 11 is 0. The van der Waals surface area contributed by atoms with Crippen LogP contribution in [0.2, 0.25) is 0 Å². The topological polar surface area (TPSA) is 42.7 Å². The molecule has 14 heavy (non-hydrogen) atoms. The highest BCUT2D eigenvalue weighted by molar-refractivity contribution is 4.85. The lowest BCUT2D eigenvalue weighted by atomic mass is 10.4. The molecule has 1 fully saturated rings. The predicted octanol–water partition coefficient (Wildman–Crippen LogP) is 1.19. The quantitative estimate of drug-likeness (QED) is 0.739. The largest absolute Gasteiger partial charge is 0.310 e. The van der Waals surface area contributed by atoms with E-state index in [2.05, 4.69) is 22.3 Å². The first-order valence-electron chi connectivity index (χ1n) is 5.47. The van der Waals surface area contributed by atoms with Gasteiger partial charge in [-0.2, -0.15) is 5.10 Å². The summed E-state index contributed by atoms with van der Waals surface area (Å²) in [4.78, 5) is 4.24. The Hall–Kier alpha value is -0.900. The summed E-state index contributed by atoms with van der Waals surface area (Å²) in [5.41, 5.74) is 0. The van der Waals surface area contributed by atoms with Gasteiger partial charge in [-0.25, -0.2) is 9.67 Å². The molecule has 0 radical (unpaired) electrons. The number of nitrogens with zero attached hydrogens (tertiary/aromatic N) is 3. The van der Waals surface area contributed by atoms with Gasteiger partial charge in [0.25, 0.3) is 0 Å². The lowest BCUT2D eigenvalue weighted by molar-refractivity contribution is 0.535. The smallest absolute Gasteiger partial charge is 0.140 e. The van der Waals surface area contributed by atoms with Crippen molar-refractivity contribution in [3.05, 3.63) is 12.2 Å². The molecule has 1 heterocycles. The third-order valence-electron chi connectivity index (χ3n) is 2.54. The standard InChI is InChI=1S/C10H18N4/c1-2-5-14-10(12-8-13-14)7-11-6-9-3-4-9/h8-9,11H,2-7H2,1H3. The van der Waals surface area contributed by atoms with Gasteiger partial charge in [-0.3, -0.25) is 0 Å². The Balaban J connectivity index is 1.78. The van der Waals surface area contributed by atoms with Crippen molar-refractivity contribution >= 4 is 0 Å². The minimum atomic E-state index is 0.858. The second-order valence-corrected chi connectivity index (χ2v) is 3.97. The van der Waals surface area contributed by atoms with Crippen LogP contribution in [0.15, 0.2) is 6.33 Å². The summed E-state index contributed by atoms with van der Waals surface area (Å²) < 4.78 is 1.99. The third-order valence-corrected chi connectivity index (χ3v) is 2.54. The van der Waals surface area contributed by atoms with Crippen molar-refractivity contribution in [1.29, 1.82) is 0 Å². The van der Waals surface area contributed by atoms with Gasteiger partial charge in [0.1, 0.15) is 12.2 Å². The van der Waals surface area contributed by atoms with Gasteiger partial charge in [0.05, 0.1) is 6.54 Å². The van der Waals surface area contributed by atoms with Gasteiger partial charge in [-0.05, 0) is 31.7 Å². The van der Waals surface area contributed by atoms with E-state index in [0.717, 1.165) is 37.8 Å². The van der Waals surface area contributed by atoms with Crippen molar-refractivity contribution in [3.63, 3.8) is 0 Å².